The van der Waals surface area contributed by atoms with Gasteiger partial charge in [-0.2, -0.15) is 0 Å². The van der Waals surface area contributed by atoms with Crippen molar-refractivity contribution >= 4 is 21.6 Å². The first-order chi connectivity index (χ1) is 6.71. The van der Waals surface area contributed by atoms with Gasteiger partial charge in [0.25, 0.3) is 0 Å². The normalized spacial score (nSPS) is 12.8. The number of rotatable bonds is 2. The molecule has 0 saturated heterocycles. The van der Waals surface area contributed by atoms with E-state index >= 15 is 0 Å². The van der Waals surface area contributed by atoms with E-state index in [2.05, 4.69) is 14.7 Å². The van der Waals surface area contributed by atoms with Gasteiger partial charge >= 0.3 is 0 Å². The van der Waals surface area contributed by atoms with Crippen molar-refractivity contribution in [1.82, 2.24) is 14.7 Å². The van der Waals surface area contributed by atoms with Gasteiger partial charge < -0.3 is 0 Å². The van der Waals surface area contributed by atoms with Gasteiger partial charge in [0.15, 0.2) is 0 Å². The van der Waals surface area contributed by atoms with Crippen LogP contribution in [0.25, 0.3) is 0 Å². The Morgan fingerprint density at radius 3 is 2.13 bits per heavy atom. The molecule has 0 aliphatic carbocycles. The number of aromatic nitrogens is 2. The Kier molecular flexibility index (Phi) is 3.32. The highest BCUT2D eigenvalue weighted by Gasteiger charge is 2.22. The third-order valence-electron chi connectivity index (χ3n) is 1.35. The molecule has 1 rings (SSSR count). The number of halogens is 1. The summed E-state index contributed by atoms with van der Waals surface area (Å²) in [5.74, 6) is 0. The summed E-state index contributed by atoms with van der Waals surface area (Å²) in [6.45, 7) is 5.25. The third-order valence-corrected chi connectivity index (χ3v) is 3.26. The van der Waals surface area contributed by atoms with Gasteiger partial charge in [-0.05, 0) is 32.4 Å². The van der Waals surface area contributed by atoms with Crippen LogP contribution in [-0.4, -0.2) is 23.9 Å². The molecule has 1 aromatic rings. The number of nitrogens with zero attached hydrogens (tertiary/aromatic N) is 2. The molecular weight excluding hydrogens is 238 g/mol. The van der Waals surface area contributed by atoms with Crippen molar-refractivity contribution in [3.8, 4) is 0 Å². The average Bonchev–Trinajstić information content (AvgIpc) is 2.00. The molecule has 0 atom stereocenters. The zero-order valence-electron chi connectivity index (χ0n) is 8.65. The van der Waals surface area contributed by atoms with Crippen molar-refractivity contribution < 1.29 is 8.42 Å². The predicted molar refractivity (Wildman–Crippen MR) is 57.1 cm³/mol. The first-order valence-corrected chi connectivity index (χ1v) is 6.08. The summed E-state index contributed by atoms with van der Waals surface area (Å²) in [6, 6.07) is 0. The van der Waals surface area contributed by atoms with Crippen LogP contribution in [0, 0.1) is 0 Å². The summed E-state index contributed by atoms with van der Waals surface area (Å²) in [5, 5.41) is 0.0182. The smallest absolute Gasteiger partial charge is 0.225 e. The quantitative estimate of drug-likeness (QED) is 0.800. The van der Waals surface area contributed by atoms with Crippen LogP contribution in [-0.2, 0) is 10.0 Å². The summed E-state index contributed by atoms with van der Waals surface area (Å²) in [4.78, 5) is 7.22. The predicted octanol–water partition coefficient (Wildman–Crippen LogP) is 1.21. The van der Waals surface area contributed by atoms with Crippen LogP contribution in [0.2, 0.25) is 5.28 Å². The van der Waals surface area contributed by atoms with E-state index in [1.54, 1.807) is 20.8 Å². The van der Waals surface area contributed by atoms with Gasteiger partial charge in [0.05, 0.1) is 12.4 Å². The van der Waals surface area contributed by atoms with Crippen molar-refractivity contribution in [2.24, 2.45) is 0 Å². The maximum Gasteiger partial charge on any atom is 0.244 e. The van der Waals surface area contributed by atoms with E-state index in [0.717, 1.165) is 0 Å². The molecule has 15 heavy (non-hydrogen) atoms. The van der Waals surface area contributed by atoms with Gasteiger partial charge in [0, 0.05) is 5.54 Å². The first-order valence-electron chi connectivity index (χ1n) is 4.22. The van der Waals surface area contributed by atoms with E-state index in [9.17, 15) is 8.42 Å². The standard InChI is InChI=1S/C8H12ClN3O2S/c1-8(2,3)12-15(13,14)6-4-10-7(9)11-5-6/h4-5,12H,1-3H3. The minimum atomic E-state index is -3.57. The third kappa shape index (κ3) is 3.73. The first kappa shape index (κ1) is 12.4. The van der Waals surface area contributed by atoms with Gasteiger partial charge in [-0.1, -0.05) is 0 Å². The van der Waals surface area contributed by atoms with Crippen LogP contribution in [0.3, 0.4) is 0 Å². The zero-order chi connectivity index (χ0) is 11.7. The molecule has 1 aromatic heterocycles. The molecule has 0 spiro atoms. The van der Waals surface area contributed by atoms with Crippen LogP contribution in [0.15, 0.2) is 17.3 Å². The Bertz CT molecular complexity index is 436. The van der Waals surface area contributed by atoms with Crippen molar-refractivity contribution in [3.05, 3.63) is 17.7 Å². The molecule has 0 amide bonds. The molecule has 1 N–H and O–H groups in total. The lowest BCUT2D eigenvalue weighted by Crippen LogP contribution is -2.40. The Morgan fingerprint density at radius 2 is 1.73 bits per heavy atom. The van der Waals surface area contributed by atoms with Gasteiger partial charge in [-0.25, -0.2) is 23.1 Å². The Morgan fingerprint density at radius 1 is 1.27 bits per heavy atom. The van der Waals surface area contributed by atoms with Crippen molar-refractivity contribution in [3.63, 3.8) is 0 Å². The lowest BCUT2D eigenvalue weighted by Gasteiger charge is -2.19. The van der Waals surface area contributed by atoms with Crippen molar-refractivity contribution in [2.75, 3.05) is 0 Å². The Labute approximate surface area is 93.9 Å². The van der Waals surface area contributed by atoms with E-state index < -0.39 is 15.6 Å². The summed E-state index contributed by atoms with van der Waals surface area (Å²) in [6.07, 6.45) is 2.34. The van der Waals surface area contributed by atoms with E-state index in [1.165, 1.54) is 12.4 Å². The maximum atomic E-state index is 11.7. The van der Waals surface area contributed by atoms with E-state index in [0.29, 0.717) is 0 Å². The number of hydrogen-bond donors (Lipinski definition) is 1. The molecule has 1 heterocycles. The number of nitrogens with one attached hydrogen (secondary N) is 1. The van der Waals surface area contributed by atoms with Crippen LogP contribution in [0.1, 0.15) is 20.8 Å². The summed E-state index contributed by atoms with van der Waals surface area (Å²) in [7, 11) is -3.57. The highest BCUT2D eigenvalue weighted by atomic mass is 35.5. The second kappa shape index (κ2) is 4.03. The second-order valence-corrected chi connectivity index (χ2v) is 6.06. The molecule has 0 aliphatic rings. The molecule has 0 aromatic carbocycles. The van der Waals surface area contributed by atoms with E-state index in [1.807, 2.05) is 0 Å². The monoisotopic (exact) mass is 249 g/mol. The maximum absolute atomic E-state index is 11.7. The van der Waals surface area contributed by atoms with Crippen molar-refractivity contribution in [2.45, 2.75) is 31.2 Å². The zero-order valence-corrected chi connectivity index (χ0v) is 10.2. The molecule has 0 radical (unpaired) electrons. The molecule has 5 nitrogen and oxygen atoms in total. The van der Waals surface area contributed by atoms with Crippen LogP contribution < -0.4 is 4.72 Å². The highest BCUT2D eigenvalue weighted by molar-refractivity contribution is 7.89. The summed E-state index contributed by atoms with van der Waals surface area (Å²) >= 11 is 5.46. The molecule has 7 heteroatoms. The van der Waals surface area contributed by atoms with Crippen LogP contribution in [0.5, 0.6) is 0 Å². The second-order valence-electron chi connectivity index (χ2n) is 4.04. The van der Waals surface area contributed by atoms with E-state index in [4.69, 9.17) is 11.6 Å². The average molecular weight is 250 g/mol. The molecule has 0 saturated carbocycles. The van der Waals surface area contributed by atoms with Gasteiger partial charge in [-0.15, -0.1) is 0 Å². The fourth-order valence-corrected chi connectivity index (χ4v) is 2.31. The minimum absolute atomic E-state index is 0.00169. The molecule has 0 unspecified atom stereocenters. The lowest BCUT2D eigenvalue weighted by molar-refractivity contribution is 0.491. The van der Waals surface area contributed by atoms with Crippen molar-refractivity contribution in [1.29, 1.82) is 0 Å². The number of hydrogen-bond acceptors (Lipinski definition) is 4. The molecule has 0 aliphatic heterocycles. The summed E-state index contributed by atoms with van der Waals surface area (Å²) in [5.41, 5.74) is -0.543. The SMILES string of the molecule is CC(C)(C)NS(=O)(=O)c1cnc(Cl)nc1. The Hall–Kier alpha value is -0.720. The molecular formula is C8H12ClN3O2S. The molecule has 0 bridgehead atoms. The van der Waals surface area contributed by atoms with Crippen LogP contribution in [0.4, 0.5) is 0 Å². The van der Waals surface area contributed by atoms with Crippen LogP contribution >= 0.6 is 11.6 Å². The lowest BCUT2D eigenvalue weighted by atomic mass is 10.1. The Balaban J connectivity index is 3.02. The largest absolute Gasteiger partial charge is 0.244 e. The van der Waals surface area contributed by atoms with Gasteiger partial charge in [0.2, 0.25) is 15.3 Å². The van der Waals surface area contributed by atoms with E-state index in [-0.39, 0.29) is 10.2 Å². The topological polar surface area (TPSA) is 72.0 Å². The fourth-order valence-electron chi connectivity index (χ4n) is 0.901. The van der Waals surface area contributed by atoms with Gasteiger partial charge in [-0.3, -0.25) is 0 Å². The molecule has 0 fully saturated rings. The highest BCUT2D eigenvalue weighted by Crippen LogP contribution is 2.11. The summed E-state index contributed by atoms with van der Waals surface area (Å²) < 4.78 is 25.9. The number of sulfonamides is 1. The fraction of sp³-hybridized carbons (Fsp3) is 0.500. The van der Waals surface area contributed by atoms with Gasteiger partial charge in [0.1, 0.15) is 4.90 Å². The molecule has 84 valence electrons. The minimum Gasteiger partial charge on any atom is -0.225 e.